The summed E-state index contributed by atoms with van der Waals surface area (Å²) in [6.07, 6.45) is 3.42. The number of aromatic hydroxyl groups is 2. The van der Waals surface area contributed by atoms with Crippen LogP contribution in [0.25, 0.3) is 21.8 Å². The van der Waals surface area contributed by atoms with Crippen LogP contribution in [0.5, 0.6) is 11.5 Å². The number of carbonyl (C=O) groups excluding carboxylic acids is 10. The number of likely N-dealkylation sites (N-methyl/N-ethyl adjacent to an activating group) is 4. The molecule has 0 radical (unpaired) electrons. The number of benzene rings is 2. The monoisotopic (exact) mass is 1160 g/mol. The highest BCUT2D eigenvalue weighted by Crippen LogP contribution is 2.30. The zero-order valence-electron chi connectivity index (χ0n) is 42.0. The van der Waals surface area contributed by atoms with Crippen molar-refractivity contribution in [3.63, 3.8) is 0 Å². The van der Waals surface area contributed by atoms with E-state index in [0.717, 1.165) is 31.4 Å². The lowest BCUT2D eigenvalue weighted by Crippen LogP contribution is -2.57. The molecule has 3 unspecified atom stereocenters. The number of pyridine rings is 2. The highest BCUT2D eigenvalue weighted by molar-refractivity contribution is 8.76. The van der Waals surface area contributed by atoms with Crippen LogP contribution in [0.2, 0.25) is 0 Å². The summed E-state index contributed by atoms with van der Waals surface area (Å²) in [5.74, 6) is -8.66. The van der Waals surface area contributed by atoms with E-state index in [1.54, 1.807) is 61.0 Å². The summed E-state index contributed by atoms with van der Waals surface area (Å²) in [5, 5.41) is 31.6. The van der Waals surface area contributed by atoms with E-state index in [4.69, 9.17) is 0 Å². The third kappa shape index (κ3) is 14.5. The second-order valence-electron chi connectivity index (χ2n) is 17.3. The molecular formula is C48H56N10O12S6. The third-order valence-electron chi connectivity index (χ3n) is 12.3. The molecule has 0 spiro atoms. The lowest BCUT2D eigenvalue weighted by atomic mass is 10.1. The van der Waals surface area contributed by atoms with Crippen LogP contribution in [0, 0.1) is 0 Å². The number of nitrogens with zero attached hydrogens (tertiary/aromatic N) is 6. The van der Waals surface area contributed by atoms with Gasteiger partial charge in [-0.25, -0.2) is 9.97 Å². The molecule has 8 amide bonds. The molecule has 2 saturated heterocycles. The van der Waals surface area contributed by atoms with Gasteiger partial charge in [-0.15, -0.1) is 0 Å². The van der Waals surface area contributed by atoms with E-state index < -0.39 is 141 Å². The van der Waals surface area contributed by atoms with Gasteiger partial charge in [-0.05, 0) is 36.8 Å². The number of rotatable bonds is 8. The van der Waals surface area contributed by atoms with E-state index in [2.05, 4.69) is 31.2 Å². The van der Waals surface area contributed by atoms with Crippen molar-refractivity contribution in [1.29, 1.82) is 0 Å². The molecule has 2 aliphatic heterocycles. The summed E-state index contributed by atoms with van der Waals surface area (Å²) in [7, 11) is 7.60. The summed E-state index contributed by atoms with van der Waals surface area (Å²) >= 11 is 3.71. The Hall–Kier alpha value is -5.94. The van der Waals surface area contributed by atoms with Crippen LogP contribution in [0.4, 0.5) is 0 Å². The Morgan fingerprint density at radius 3 is 1.33 bits per heavy atom. The molecule has 406 valence electrons. The van der Waals surface area contributed by atoms with Crippen LogP contribution in [0.15, 0.2) is 60.7 Å². The maximum atomic E-state index is 14.7. The van der Waals surface area contributed by atoms with Gasteiger partial charge in [0.2, 0.25) is 45.7 Å². The van der Waals surface area contributed by atoms with Gasteiger partial charge in [0.1, 0.15) is 47.8 Å². The summed E-state index contributed by atoms with van der Waals surface area (Å²) < 4.78 is 0. The standard InChI is InChI=1S/C48H56N10O12S6/c1-55-31-23-75-76-24-32(46(68)58(4)34(22-72-6)48(70)74-19-29(41(63)49-17-37(55)61)53-43(65)39-35(59)15-25-11-7-9-13-27(25)51-39)56(2)38(62)18-50-42(64)30(20-73-47(69)33(21-71-5)57(3)45(31)67)54-44(66)40-36(60)16-26-12-8-10-14-28(26)52-40/h7-16,29-34,59-60H,17-24H2,1-6H3,(H,49,63)(H,50,64)(H,53,65)(H,54,66)/t29?,30?,31-,32?,33-,34-/m0/s1. The Labute approximate surface area is 462 Å². The minimum Gasteiger partial charge on any atom is -0.505 e. The van der Waals surface area contributed by atoms with E-state index in [0.29, 0.717) is 45.3 Å². The third-order valence-corrected chi connectivity index (χ3v) is 18.1. The number of para-hydroxylation sites is 2. The molecule has 0 saturated carbocycles. The Bertz CT molecular complexity index is 2710. The van der Waals surface area contributed by atoms with Crippen molar-refractivity contribution in [3.05, 3.63) is 72.1 Å². The number of aromatic nitrogens is 2. The molecule has 76 heavy (non-hydrogen) atoms. The van der Waals surface area contributed by atoms with Gasteiger partial charge in [0.15, 0.2) is 11.4 Å². The van der Waals surface area contributed by atoms with Crippen LogP contribution in [-0.2, 0) is 38.4 Å². The van der Waals surface area contributed by atoms with Crippen molar-refractivity contribution >= 4 is 148 Å². The SMILES string of the molecule is CSC[C@H]1C(=O)SCC(NC(=O)c2nc3ccccc3cc2O)C(=O)NCC(=O)N(C)[C@H]2CSSCC(C(=O)N1C)N(C)C(=O)CNC(=O)C(NC(=O)c1nc3ccccc3cc1O)CSC(=O)[C@H](CSC)N(C)C2=O. The second kappa shape index (κ2) is 27.4. The molecule has 6 rings (SSSR count). The number of amides is 8. The first-order valence-corrected chi connectivity index (χ1v) is 30.5. The van der Waals surface area contributed by atoms with Gasteiger partial charge in [0.05, 0.1) is 24.1 Å². The summed E-state index contributed by atoms with van der Waals surface area (Å²) in [6.45, 7) is -1.39. The fraction of sp³-hybridized carbons (Fsp3) is 0.417. The number of hydrogen-bond donors (Lipinski definition) is 6. The molecule has 4 heterocycles. The lowest BCUT2D eigenvalue weighted by molar-refractivity contribution is -0.144. The normalized spacial score (nSPS) is 22.8. The molecule has 4 aromatic rings. The molecule has 0 aliphatic carbocycles. The van der Waals surface area contributed by atoms with Crippen LogP contribution in [-0.4, -0.2) is 222 Å². The molecule has 6 atom stereocenters. The fourth-order valence-corrected chi connectivity index (χ4v) is 13.9. The van der Waals surface area contributed by atoms with Gasteiger partial charge in [0.25, 0.3) is 11.8 Å². The maximum Gasteiger partial charge on any atom is 0.274 e. The molecule has 2 bridgehead atoms. The molecule has 28 heteroatoms. The van der Waals surface area contributed by atoms with Crippen molar-refractivity contribution in [2.45, 2.75) is 36.3 Å². The van der Waals surface area contributed by atoms with Gasteiger partial charge in [-0.1, -0.05) is 81.5 Å². The maximum absolute atomic E-state index is 14.7. The van der Waals surface area contributed by atoms with Crippen LogP contribution in [0.1, 0.15) is 21.0 Å². The van der Waals surface area contributed by atoms with Gasteiger partial charge < -0.3 is 51.1 Å². The van der Waals surface area contributed by atoms with E-state index in [-0.39, 0.29) is 23.0 Å². The Balaban J connectivity index is 1.36. The zero-order valence-corrected chi connectivity index (χ0v) is 46.9. The minimum absolute atomic E-state index is 0.0598. The van der Waals surface area contributed by atoms with E-state index in [1.807, 2.05) is 0 Å². The number of hydrogen-bond acceptors (Lipinski definition) is 20. The van der Waals surface area contributed by atoms with Gasteiger partial charge >= 0.3 is 0 Å². The number of fused-ring (bicyclic) bond motifs is 7. The van der Waals surface area contributed by atoms with Crippen molar-refractivity contribution in [1.82, 2.24) is 50.8 Å². The summed E-state index contributed by atoms with van der Waals surface area (Å²) in [4.78, 5) is 155. The zero-order chi connectivity index (χ0) is 55.4. The van der Waals surface area contributed by atoms with Gasteiger partial charge in [-0.3, -0.25) is 47.9 Å². The van der Waals surface area contributed by atoms with E-state index in [9.17, 15) is 58.2 Å². The smallest absolute Gasteiger partial charge is 0.274 e. The first-order chi connectivity index (χ1) is 36.2. The first kappa shape index (κ1) is 59.3. The number of thioether (sulfide) groups is 4. The predicted molar refractivity (Wildman–Crippen MR) is 298 cm³/mol. The van der Waals surface area contributed by atoms with E-state index in [1.165, 1.54) is 73.6 Å². The van der Waals surface area contributed by atoms with Crippen molar-refractivity contribution in [2.75, 3.05) is 88.3 Å². The van der Waals surface area contributed by atoms with Gasteiger partial charge in [-0.2, -0.15) is 23.5 Å². The molecule has 6 N–H and O–H groups in total. The highest BCUT2D eigenvalue weighted by Gasteiger charge is 2.39. The largest absolute Gasteiger partial charge is 0.505 e. The Morgan fingerprint density at radius 1 is 0.592 bits per heavy atom. The average molecular weight is 1160 g/mol. The summed E-state index contributed by atoms with van der Waals surface area (Å²) in [5.41, 5.74) is -0.102. The van der Waals surface area contributed by atoms with Crippen molar-refractivity contribution in [2.24, 2.45) is 0 Å². The first-order valence-electron chi connectivity index (χ1n) is 23.2. The predicted octanol–water partition coefficient (Wildman–Crippen LogP) is 1.29. The van der Waals surface area contributed by atoms with Crippen LogP contribution >= 0.6 is 68.6 Å². The molecule has 2 aromatic carbocycles. The van der Waals surface area contributed by atoms with Gasteiger partial charge in [0, 0.05) is 73.5 Å². The number of carbonyl (C=O) groups is 10. The Kier molecular flexibility index (Phi) is 21.4. The Morgan fingerprint density at radius 2 is 0.961 bits per heavy atom. The lowest BCUT2D eigenvalue weighted by Gasteiger charge is -2.35. The molecule has 22 nitrogen and oxygen atoms in total. The summed E-state index contributed by atoms with van der Waals surface area (Å²) in [6, 6.07) is 8.07. The average Bonchev–Trinajstić information content (AvgIpc) is 3.41. The molecule has 2 fully saturated rings. The topological polar surface area (TPSA) is 298 Å². The van der Waals surface area contributed by atoms with Crippen LogP contribution < -0.4 is 21.3 Å². The molecule has 2 aromatic heterocycles. The van der Waals surface area contributed by atoms with E-state index >= 15 is 0 Å². The van der Waals surface area contributed by atoms with Crippen molar-refractivity contribution < 1.29 is 58.2 Å². The second-order valence-corrected chi connectivity index (χ2v) is 23.7. The van der Waals surface area contributed by atoms with Crippen LogP contribution in [0.3, 0.4) is 0 Å². The molecule has 2 aliphatic rings. The quantitative estimate of drug-likeness (QED) is 0.136. The minimum atomic E-state index is -1.53. The highest BCUT2D eigenvalue weighted by atomic mass is 33.1. The van der Waals surface area contributed by atoms with Crippen molar-refractivity contribution in [3.8, 4) is 11.5 Å². The number of nitrogens with one attached hydrogen (secondary N) is 4. The molecular weight excluding hydrogens is 1100 g/mol. The fourth-order valence-electron chi connectivity index (χ4n) is 7.75.